The van der Waals surface area contributed by atoms with Gasteiger partial charge in [0.2, 0.25) is 0 Å². The molecule has 0 aromatic heterocycles. The molecule has 7 atom stereocenters. The number of allylic oxidation sites excluding steroid dienone is 2. The first-order valence-electron chi connectivity index (χ1n) is 6.79. The number of rotatable bonds is 3. The van der Waals surface area contributed by atoms with Gasteiger partial charge in [-0.05, 0) is 54.8 Å². The molecule has 2 heteroatoms. The number of aliphatic hydroxyl groups excluding tert-OH is 1. The molecule has 0 aromatic carbocycles. The van der Waals surface area contributed by atoms with E-state index in [-0.39, 0.29) is 6.61 Å². The van der Waals surface area contributed by atoms with Crippen LogP contribution in [0.5, 0.6) is 0 Å². The quantitative estimate of drug-likeness (QED) is 0.581. The summed E-state index contributed by atoms with van der Waals surface area (Å²) in [6.07, 6.45) is 9.51. The maximum absolute atomic E-state index is 8.85. The number of ether oxygens (including phenoxy) is 1. The fraction of sp³-hybridized carbons (Fsp3) is 0.857. The maximum atomic E-state index is 8.85. The van der Waals surface area contributed by atoms with Crippen LogP contribution >= 0.6 is 0 Å². The van der Waals surface area contributed by atoms with E-state index in [1.165, 1.54) is 19.3 Å². The van der Waals surface area contributed by atoms with Gasteiger partial charge in [-0.2, -0.15) is 0 Å². The monoisotopic (exact) mass is 220 g/mol. The van der Waals surface area contributed by atoms with E-state index in [4.69, 9.17) is 9.84 Å². The van der Waals surface area contributed by atoms with Crippen molar-refractivity contribution in [3.05, 3.63) is 12.2 Å². The average Bonchev–Trinajstić information content (AvgIpc) is 3.02. The van der Waals surface area contributed by atoms with E-state index in [1.807, 2.05) is 0 Å². The highest BCUT2D eigenvalue weighted by molar-refractivity contribution is 5.20. The lowest BCUT2D eigenvalue weighted by Gasteiger charge is -2.36. The Balaban J connectivity index is 1.54. The summed E-state index contributed by atoms with van der Waals surface area (Å²) in [6.45, 7) is 0.711. The molecule has 0 heterocycles. The molecule has 0 saturated heterocycles. The van der Waals surface area contributed by atoms with Gasteiger partial charge in [0.1, 0.15) is 0 Å². The molecule has 1 N–H and O–H groups in total. The predicted molar refractivity (Wildman–Crippen MR) is 60.8 cm³/mol. The summed E-state index contributed by atoms with van der Waals surface area (Å²) in [6, 6.07) is 0. The van der Waals surface area contributed by atoms with Crippen molar-refractivity contribution in [1.82, 2.24) is 0 Å². The average molecular weight is 220 g/mol. The number of hydrogen-bond acceptors (Lipinski definition) is 2. The van der Waals surface area contributed by atoms with E-state index in [2.05, 4.69) is 12.2 Å². The van der Waals surface area contributed by atoms with Crippen molar-refractivity contribution in [3.63, 3.8) is 0 Å². The van der Waals surface area contributed by atoms with Crippen LogP contribution in [0.15, 0.2) is 12.2 Å². The maximum Gasteiger partial charge on any atom is 0.0701 e. The molecular weight excluding hydrogens is 200 g/mol. The molecule has 0 radical (unpaired) electrons. The first-order valence-corrected chi connectivity index (χ1v) is 6.79. The highest BCUT2D eigenvalue weighted by atomic mass is 16.5. The molecule has 2 nitrogen and oxygen atoms in total. The van der Waals surface area contributed by atoms with Gasteiger partial charge in [-0.3, -0.25) is 0 Å². The normalized spacial score (nSPS) is 56.2. The van der Waals surface area contributed by atoms with E-state index in [0.717, 1.165) is 35.5 Å². The van der Waals surface area contributed by atoms with Gasteiger partial charge in [0.05, 0.1) is 19.3 Å². The molecule has 4 aliphatic rings. The molecule has 0 aliphatic heterocycles. The Morgan fingerprint density at radius 3 is 2.69 bits per heavy atom. The molecule has 4 bridgehead atoms. The second kappa shape index (κ2) is 3.33. The first kappa shape index (κ1) is 9.67. The van der Waals surface area contributed by atoms with Gasteiger partial charge in [0.25, 0.3) is 0 Å². The van der Waals surface area contributed by atoms with Crippen LogP contribution in [0.1, 0.15) is 19.3 Å². The molecule has 3 saturated carbocycles. The summed E-state index contributed by atoms with van der Waals surface area (Å²) in [4.78, 5) is 0. The molecule has 3 fully saturated rings. The van der Waals surface area contributed by atoms with Gasteiger partial charge < -0.3 is 9.84 Å². The van der Waals surface area contributed by atoms with Crippen molar-refractivity contribution in [1.29, 1.82) is 0 Å². The predicted octanol–water partition coefficient (Wildman–Crippen LogP) is 1.84. The zero-order valence-corrected chi connectivity index (χ0v) is 9.59. The molecule has 4 rings (SSSR count). The minimum Gasteiger partial charge on any atom is -0.394 e. The van der Waals surface area contributed by atoms with Crippen molar-refractivity contribution in [2.75, 3.05) is 13.2 Å². The van der Waals surface area contributed by atoms with Gasteiger partial charge >= 0.3 is 0 Å². The fourth-order valence-electron chi connectivity index (χ4n) is 5.35. The molecule has 0 spiro atoms. The first-order chi connectivity index (χ1) is 7.88. The van der Waals surface area contributed by atoms with Crippen LogP contribution in [0, 0.1) is 35.5 Å². The van der Waals surface area contributed by atoms with Crippen LogP contribution in [0.4, 0.5) is 0 Å². The molecule has 7 unspecified atom stereocenters. The lowest BCUT2D eigenvalue weighted by atomic mass is 9.72. The van der Waals surface area contributed by atoms with E-state index >= 15 is 0 Å². The number of aliphatic hydroxyl groups is 1. The van der Waals surface area contributed by atoms with Gasteiger partial charge in [-0.25, -0.2) is 0 Å². The van der Waals surface area contributed by atoms with Crippen LogP contribution in [0.25, 0.3) is 0 Å². The van der Waals surface area contributed by atoms with Crippen molar-refractivity contribution in [2.24, 2.45) is 35.5 Å². The van der Waals surface area contributed by atoms with Gasteiger partial charge in [-0.1, -0.05) is 12.2 Å². The Kier molecular flexibility index (Phi) is 2.01. The zero-order chi connectivity index (χ0) is 10.7. The minimum absolute atomic E-state index is 0.175. The van der Waals surface area contributed by atoms with Crippen LogP contribution in [-0.4, -0.2) is 24.4 Å². The van der Waals surface area contributed by atoms with Gasteiger partial charge in [-0.15, -0.1) is 0 Å². The molecule has 16 heavy (non-hydrogen) atoms. The van der Waals surface area contributed by atoms with Crippen molar-refractivity contribution >= 4 is 0 Å². The van der Waals surface area contributed by atoms with Crippen molar-refractivity contribution < 1.29 is 9.84 Å². The Hall–Kier alpha value is -0.340. The Morgan fingerprint density at radius 2 is 1.88 bits per heavy atom. The van der Waals surface area contributed by atoms with Crippen LogP contribution < -0.4 is 0 Å². The lowest BCUT2D eigenvalue weighted by Crippen LogP contribution is -2.35. The highest BCUT2D eigenvalue weighted by Crippen LogP contribution is 2.65. The molecule has 0 amide bonds. The van der Waals surface area contributed by atoms with Crippen LogP contribution in [-0.2, 0) is 4.74 Å². The Labute approximate surface area is 96.7 Å². The molecule has 4 aliphatic carbocycles. The molecular formula is C14H20O2. The lowest BCUT2D eigenvalue weighted by molar-refractivity contribution is -0.0307. The second-order valence-electron chi connectivity index (χ2n) is 6.13. The summed E-state index contributed by atoms with van der Waals surface area (Å²) < 4.78 is 5.83. The van der Waals surface area contributed by atoms with Gasteiger partial charge in [0.15, 0.2) is 0 Å². The van der Waals surface area contributed by atoms with Gasteiger partial charge in [0, 0.05) is 0 Å². The summed E-state index contributed by atoms with van der Waals surface area (Å²) in [5.74, 6) is 5.43. The van der Waals surface area contributed by atoms with Crippen LogP contribution in [0.3, 0.4) is 0 Å². The summed E-state index contributed by atoms with van der Waals surface area (Å²) in [5, 5.41) is 8.85. The Bertz CT molecular complexity index is 325. The summed E-state index contributed by atoms with van der Waals surface area (Å²) in [5.41, 5.74) is 0. The van der Waals surface area contributed by atoms with Crippen LogP contribution in [0.2, 0.25) is 0 Å². The third-order valence-electron chi connectivity index (χ3n) is 5.63. The zero-order valence-electron chi connectivity index (χ0n) is 9.59. The van der Waals surface area contributed by atoms with Crippen molar-refractivity contribution in [3.8, 4) is 0 Å². The SMILES string of the molecule is OCCOC1CC2CC1C1C3C=CC(C3)C21. The molecule has 0 aromatic rings. The number of fused-ring (bicyclic) bond motifs is 9. The Morgan fingerprint density at radius 1 is 1.06 bits per heavy atom. The highest BCUT2D eigenvalue weighted by Gasteiger charge is 2.61. The summed E-state index contributed by atoms with van der Waals surface area (Å²) >= 11 is 0. The van der Waals surface area contributed by atoms with Crippen molar-refractivity contribution in [2.45, 2.75) is 25.4 Å². The third kappa shape index (κ3) is 1.10. The standard InChI is InChI=1S/C14H20O2/c15-3-4-16-12-7-10-6-11(12)14-9-2-1-8(5-9)13(10)14/h1-2,8-15H,3-7H2. The number of hydrogen-bond donors (Lipinski definition) is 1. The smallest absolute Gasteiger partial charge is 0.0701 e. The van der Waals surface area contributed by atoms with E-state index < -0.39 is 0 Å². The largest absolute Gasteiger partial charge is 0.394 e. The topological polar surface area (TPSA) is 29.5 Å². The second-order valence-corrected chi connectivity index (χ2v) is 6.13. The molecule has 88 valence electrons. The summed E-state index contributed by atoms with van der Waals surface area (Å²) in [7, 11) is 0. The van der Waals surface area contributed by atoms with E-state index in [0.29, 0.717) is 12.7 Å². The third-order valence-corrected chi connectivity index (χ3v) is 5.63. The van der Waals surface area contributed by atoms with E-state index in [1.54, 1.807) is 0 Å². The minimum atomic E-state index is 0.175. The van der Waals surface area contributed by atoms with E-state index in [9.17, 15) is 0 Å². The fourth-order valence-corrected chi connectivity index (χ4v) is 5.35.